The van der Waals surface area contributed by atoms with Crippen LogP contribution in [-0.4, -0.2) is 12.5 Å². The molecule has 0 spiro atoms. The van der Waals surface area contributed by atoms with E-state index in [2.05, 4.69) is 5.32 Å². The van der Waals surface area contributed by atoms with Crippen LogP contribution in [0, 0.1) is 12.7 Å². The van der Waals surface area contributed by atoms with Crippen LogP contribution in [0.4, 0.5) is 4.39 Å². The van der Waals surface area contributed by atoms with Gasteiger partial charge in [-0.2, -0.15) is 0 Å². The lowest BCUT2D eigenvalue weighted by atomic mass is 10.2. The Labute approximate surface area is 117 Å². The molecule has 0 aliphatic rings. The Hall–Kier alpha value is -2.36. The van der Waals surface area contributed by atoms with Crippen molar-refractivity contribution in [3.63, 3.8) is 0 Å². The van der Waals surface area contributed by atoms with Gasteiger partial charge in [-0.3, -0.25) is 4.79 Å². The number of hydrogen-bond acceptors (Lipinski definition) is 2. The van der Waals surface area contributed by atoms with Crippen LogP contribution in [0.15, 0.2) is 48.5 Å². The van der Waals surface area contributed by atoms with E-state index in [1.807, 2.05) is 19.1 Å². The molecule has 2 rings (SSSR count). The highest BCUT2D eigenvalue weighted by molar-refractivity contribution is 5.77. The van der Waals surface area contributed by atoms with Crippen molar-refractivity contribution in [3.05, 3.63) is 65.5 Å². The number of carbonyl (C=O) groups is 1. The highest BCUT2D eigenvalue weighted by Crippen LogP contribution is 2.11. The zero-order chi connectivity index (χ0) is 14.4. The topological polar surface area (TPSA) is 38.3 Å². The van der Waals surface area contributed by atoms with Gasteiger partial charge in [-0.25, -0.2) is 4.39 Å². The van der Waals surface area contributed by atoms with E-state index in [0.29, 0.717) is 11.3 Å². The van der Waals surface area contributed by atoms with E-state index >= 15 is 0 Å². The monoisotopic (exact) mass is 273 g/mol. The summed E-state index contributed by atoms with van der Waals surface area (Å²) < 4.78 is 18.7. The Balaban J connectivity index is 1.78. The summed E-state index contributed by atoms with van der Waals surface area (Å²) in [7, 11) is 0. The predicted octanol–water partition coefficient (Wildman–Crippen LogP) is 2.83. The molecule has 2 aromatic rings. The molecule has 0 saturated carbocycles. The zero-order valence-corrected chi connectivity index (χ0v) is 11.2. The number of carbonyl (C=O) groups excluding carboxylic acids is 1. The van der Waals surface area contributed by atoms with Gasteiger partial charge in [0.2, 0.25) is 0 Å². The third kappa shape index (κ3) is 4.09. The summed E-state index contributed by atoms with van der Waals surface area (Å²) in [6.45, 7) is 2.05. The SMILES string of the molecule is Cc1ccc(OCC(=O)NCc2ccccc2F)cc1. The third-order valence-corrected chi connectivity index (χ3v) is 2.82. The van der Waals surface area contributed by atoms with Crippen LogP contribution in [0.1, 0.15) is 11.1 Å². The van der Waals surface area contributed by atoms with Crippen molar-refractivity contribution >= 4 is 5.91 Å². The van der Waals surface area contributed by atoms with Gasteiger partial charge in [0.25, 0.3) is 5.91 Å². The molecular weight excluding hydrogens is 257 g/mol. The first-order valence-electron chi connectivity index (χ1n) is 6.35. The van der Waals surface area contributed by atoms with Crippen LogP contribution in [0.3, 0.4) is 0 Å². The van der Waals surface area contributed by atoms with Gasteiger partial charge in [0, 0.05) is 12.1 Å². The largest absolute Gasteiger partial charge is 0.484 e. The second kappa shape index (κ2) is 6.70. The number of aryl methyl sites for hydroxylation is 1. The summed E-state index contributed by atoms with van der Waals surface area (Å²) in [4.78, 5) is 11.6. The molecule has 3 nitrogen and oxygen atoms in total. The number of rotatable bonds is 5. The summed E-state index contributed by atoms with van der Waals surface area (Å²) in [6, 6.07) is 13.8. The highest BCUT2D eigenvalue weighted by atomic mass is 19.1. The molecule has 104 valence electrons. The molecular formula is C16H16FNO2. The second-order valence-corrected chi connectivity index (χ2v) is 4.47. The van der Waals surface area contributed by atoms with Gasteiger partial charge in [-0.1, -0.05) is 35.9 Å². The number of hydrogen-bond donors (Lipinski definition) is 1. The van der Waals surface area contributed by atoms with Gasteiger partial charge in [0.15, 0.2) is 6.61 Å². The van der Waals surface area contributed by atoms with Gasteiger partial charge in [0.05, 0.1) is 0 Å². The van der Waals surface area contributed by atoms with Crippen LogP contribution < -0.4 is 10.1 Å². The average Bonchev–Trinajstić information content (AvgIpc) is 2.46. The number of nitrogens with one attached hydrogen (secondary N) is 1. The fraction of sp³-hybridized carbons (Fsp3) is 0.188. The summed E-state index contributed by atoms with van der Waals surface area (Å²) in [6.07, 6.45) is 0. The quantitative estimate of drug-likeness (QED) is 0.909. The average molecular weight is 273 g/mol. The Bertz CT molecular complexity index is 581. The molecule has 0 heterocycles. The van der Waals surface area contributed by atoms with Crippen molar-refractivity contribution in [2.45, 2.75) is 13.5 Å². The molecule has 0 unspecified atom stereocenters. The predicted molar refractivity (Wildman–Crippen MR) is 74.9 cm³/mol. The van der Waals surface area contributed by atoms with Crippen LogP contribution >= 0.6 is 0 Å². The van der Waals surface area contributed by atoms with E-state index in [-0.39, 0.29) is 24.9 Å². The summed E-state index contributed by atoms with van der Waals surface area (Å²) in [5.41, 5.74) is 1.58. The molecule has 1 N–H and O–H groups in total. The summed E-state index contributed by atoms with van der Waals surface area (Å²) in [5, 5.41) is 2.62. The number of halogens is 1. The Morgan fingerprint density at radius 2 is 1.85 bits per heavy atom. The molecule has 0 aliphatic heterocycles. The lowest BCUT2D eigenvalue weighted by molar-refractivity contribution is -0.123. The lowest BCUT2D eigenvalue weighted by Gasteiger charge is -2.08. The fourth-order valence-electron chi connectivity index (χ4n) is 1.67. The molecule has 4 heteroatoms. The van der Waals surface area contributed by atoms with Crippen molar-refractivity contribution in [3.8, 4) is 5.75 Å². The first-order chi connectivity index (χ1) is 9.65. The van der Waals surface area contributed by atoms with E-state index in [9.17, 15) is 9.18 Å². The Morgan fingerprint density at radius 1 is 1.15 bits per heavy atom. The molecule has 0 aliphatic carbocycles. The smallest absolute Gasteiger partial charge is 0.258 e. The van der Waals surface area contributed by atoms with Crippen molar-refractivity contribution in [2.75, 3.05) is 6.61 Å². The lowest BCUT2D eigenvalue weighted by Crippen LogP contribution is -2.28. The molecule has 0 radical (unpaired) electrons. The number of benzene rings is 2. The van der Waals surface area contributed by atoms with Gasteiger partial charge >= 0.3 is 0 Å². The fourth-order valence-corrected chi connectivity index (χ4v) is 1.67. The van der Waals surface area contributed by atoms with Gasteiger partial charge in [-0.05, 0) is 25.1 Å². The van der Waals surface area contributed by atoms with Crippen LogP contribution in [0.25, 0.3) is 0 Å². The minimum absolute atomic E-state index is 0.0858. The normalized spacial score (nSPS) is 10.1. The van der Waals surface area contributed by atoms with E-state index < -0.39 is 0 Å². The molecule has 20 heavy (non-hydrogen) atoms. The van der Waals surface area contributed by atoms with Crippen LogP contribution in [0.2, 0.25) is 0 Å². The second-order valence-electron chi connectivity index (χ2n) is 4.47. The minimum atomic E-state index is -0.327. The first-order valence-corrected chi connectivity index (χ1v) is 6.35. The molecule has 0 bridgehead atoms. The third-order valence-electron chi connectivity index (χ3n) is 2.82. The standard InChI is InChI=1S/C16H16FNO2/c1-12-6-8-14(9-7-12)20-11-16(19)18-10-13-4-2-3-5-15(13)17/h2-9H,10-11H2,1H3,(H,18,19). The first kappa shape index (κ1) is 14.1. The highest BCUT2D eigenvalue weighted by Gasteiger charge is 2.05. The number of ether oxygens (including phenoxy) is 1. The molecule has 1 amide bonds. The molecule has 0 saturated heterocycles. The Morgan fingerprint density at radius 3 is 2.55 bits per heavy atom. The van der Waals surface area contributed by atoms with Crippen molar-refractivity contribution in [2.24, 2.45) is 0 Å². The zero-order valence-electron chi connectivity index (χ0n) is 11.2. The van der Waals surface area contributed by atoms with Gasteiger partial charge in [-0.15, -0.1) is 0 Å². The van der Waals surface area contributed by atoms with Gasteiger partial charge in [0.1, 0.15) is 11.6 Å². The summed E-state index contributed by atoms with van der Waals surface area (Å²) in [5.74, 6) is 0.0257. The minimum Gasteiger partial charge on any atom is -0.484 e. The summed E-state index contributed by atoms with van der Waals surface area (Å²) >= 11 is 0. The van der Waals surface area contributed by atoms with Crippen LogP contribution in [0.5, 0.6) is 5.75 Å². The molecule has 0 aromatic heterocycles. The maximum absolute atomic E-state index is 13.3. The Kier molecular flexibility index (Phi) is 4.71. The van der Waals surface area contributed by atoms with Crippen molar-refractivity contribution in [1.29, 1.82) is 0 Å². The molecule has 0 atom stereocenters. The molecule has 0 fully saturated rings. The maximum atomic E-state index is 13.3. The van der Waals surface area contributed by atoms with E-state index in [4.69, 9.17) is 4.74 Å². The van der Waals surface area contributed by atoms with E-state index in [1.165, 1.54) is 6.07 Å². The molecule has 2 aromatic carbocycles. The van der Waals surface area contributed by atoms with E-state index in [1.54, 1.807) is 30.3 Å². The van der Waals surface area contributed by atoms with E-state index in [0.717, 1.165) is 5.56 Å². The van der Waals surface area contributed by atoms with Crippen molar-refractivity contribution in [1.82, 2.24) is 5.32 Å². The maximum Gasteiger partial charge on any atom is 0.258 e. The number of amides is 1. The van der Waals surface area contributed by atoms with Gasteiger partial charge < -0.3 is 10.1 Å². The van der Waals surface area contributed by atoms with Crippen molar-refractivity contribution < 1.29 is 13.9 Å². The van der Waals surface area contributed by atoms with Crippen LogP contribution in [-0.2, 0) is 11.3 Å².